The van der Waals surface area contributed by atoms with Gasteiger partial charge in [0.05, 0.1) is 31.5 Å². The number of nitrogens with one attached hydrogen (secondary N) is 1. The Hall–Kier alpha value is -3.90. The number of hydrogen-bond acceptors (Lipinski definition) is 18. The second-order valence-electron chi connectivity index (χ2n) is 12.7. The Kier molecular flexibility index (Phi) is 11.6. The summed E-state index contributed by atoms with van der Waals surface area (Å²) in [6.45, 7) is 1.58. The van der Waals surface area contributed by atoms with E-state index in [0.717, 1.165) is 13.7 Å². The van der Waals surface area contributed by atoms with Gasteiger partial charge in [-0.2, -0.15) is 9.97 Å². The van der Waals surface area contributed by atoms with Crippen LogP contribution in [0.3, 0.4) is 0 Å². The Morgan fingerprint density at radius 3 is 1.91 bits per heavy atom. The third-order valence-corrected chi connectivity index (χ3v) is 10.9. The summed E-state index contributed by atoms with van der Waals surface area (Å²) < 4.78 is 67.8. The lowest BCUT2D eigenvalue weighted by Gasteiger charge is -2.24. The number of hydrogen-bond donors (Lipinski definition) is 6. The largest absolute Gasteiger partial charge is 0.472 e. The zero-order valence-electron chi connectivity index (χ0n) is 28.6. The van der Waals surface area contributed by atoms with Crippen molar-refractivity contribution in [2.75, 3.05) is 24.7 Å². The molecule has 24 nitrogen and oxygen atoms in total. The summed E-state index contributed by atoms with van der Waals surface area (Å²) in [6, 6.07) is 2.65. The van der Waals surface area contributed by atoms with Crippen molar-refractivity contribution in [3.63, 3.8) is 0 Å². The number of phosphoric ester groups is 2. The molecular weight excluding hydrogens is 766 g/mol. The highest BCUT2D eigenvalue weighted by atomic mass is 31.2. The normalized spacial score (nSPS) is 30.6. The van der Waals surface area contributed by atoms with Crippen LogP contribution < -0.4 is 34.1 Å². The van der Waals surface area contributed by atoms with Gasteiger partial charge in [0.2, 0.25) is 0 Å². The minimum atomic E-state index is -5.02. The molecule has 26 heteroatoms. The van der Waals surface area contributed by atoms with E-state index in [9.17, 15) is 43.2 Å². The van der Waals surface area contributed by atoms with E-state index < -0.39 is 107 Å². The molecule has 3 aliphatic rings. The standard InChI is InChI=1S/C28H38N8O16P2/c1-13-10-36(28(41)33-25(13)38)24-8-16(14(2)48-24)51-53(42,43)47-12-19-17(9-23(50-19)35-6-4-21(30)32-27(35)40)52-54(44,45)46-11-18-15(37)7-22(49-18)34-5-3-20(29)31-26(34)39/h3-6,10,14-19,22-24,37H,7-9,11-12H2,1-2H3,(H,42,43)(H,44,45)(H2,29,31,39)(H2,30,32,40)(H,33,38,41)/t14-,15+,16+,17+,18-,19-,22-,23-,24-/m1/s1. The third-order valence-electron chi connectivity index (χ3n) is 8.83. The van der Waals surface area contributed by atoms with E-state index >= 15 is 0 Å². The van der Waals surface area contributed by atoms with Crippen LogP contribution in [0.1, 0.15) is 50.4 Å². The molecule has 3 aliphatic heterocycles. The summed E-state index contributed by atoms with van der Waals surface area (Å²) >= 11 is 0. The quantitative estimate of drug-likeness (QED) is 0.110. The number of aliphatic hydroxyl groups excluding tert-OH is 1. The predicted molar refractivity (Wildman–Crippen MR) is 180 cm³/mol. The Balaban J connectivity index is 1.11. The summed E-state index contributed by atoms with van der Waals surface area (Å²) in [7, 11) is -9.96. The predicted octanol–water partition coefficient (Wildman–Crippen LogP) is -1.23. The van der Waals surface area contributed by atoms with Gasteiger partial charge in [0.25, 0.3) is 5.56 Å². The fourth-order valence-corrected chi connectivity index (χ4v) is 8.04. The van der Waals surface area contributed by atoms with Gasteiger partial charge in [-0.25, -0.2) is 23.5 Å². The number of aliphatic hydroxyl groups is 1. The SMILES string of the molecule is Cc1cn([C@H]2C[C@H](OP(=O)(O)OC[C@H]3O[C@@H](n4ccc(N)nc4=O)C[C@@H]3OP(=O)(O)OC[C@H]3O[C@@H](n4ccc(N)nc4=O)C[C@@H]3O)[C@@H](C)O2)c(=O)[nH]c1=O. The van der Waals surface area contributed by atoms with Crippen molar-refractivity contribution < 1.29 is 56.3 Å². The molecule has 3 fully saturated rings. The number of aryl methyl sites for hydroxylation is 1. The molecule has 0 amide bonds. The van der Waals surface area contributed by atoms with E-state index in [1.165, 1.54) is 44.6 Å². The average Bonchev–Trinajstić information content (AvgIpc) is 3.76. The van der Waals surface area contributed by atoms with E-state index in [0.29, 0.717) is 0 Å². The van der Waals surface area contributed by atoms with Gasteiger partial charge in [-0.05, 0) is 26.0 Å². The van der Waals surface area contributed by atoms with Crippen molar-refractivity contribution in [3.05, 3.63) is 78.1 Å². The lowest BCUT2D eigenvalue weighted by atomic mass is 10.2. The Labute approximate surface area is 303 Å². The first-order chi connectivity index (χ1) is 25.4. The smallest absolute Gasteiger partial charge is 0.390 e. The highest BCUT2D eigenvalue weighted by molar-refractivity contribution is 7.47. The Morgan fingerprint density at radius 1 is 0.815 bits per heavy atom. The third kappa shape index (κ3) is 9.13. The van der Waals surface area contributed by atoms with Gasteiger partial charge in [-0.3, -0.25) is 41.6 Å². The van der Waals surface area contributed by atoms with Crippen molar-refractivity contribution in [2.24, 2.45) is 0 Å². The summed E-state index contributed by atoms with van der Waals surface area (Å²) in [5.74, 6) is -0.108. The number of nitrogens with two attached hydrogens (primary N) is 2. The molecule has 0 aromatic carbocycles. The number of ether oxygens (including phenoxy) is 3. The van der Waals surface area contributed by atoms with Crippen LogP contribution in [-0.4, -0.2) is 93.4 Å². The highest BCUT2D eigenvalue weighted by Crippen LogP contribution is 2.51. The highest BCUT2D eigenvalue weighted by Gasteiger charge is 2.46. The maximum atomic E-state index is 13.2. The number of H-pyrrole nitrogens is 1. The van der Waals surface area contributed by atoms with Crippen molar-refractivity contribution in [1.82, 2.24) is 28.7 Å². The minimum Gasteiger partial charge on any atom is -0.390 e. The molecule has 3 saturated heterocycles. The van der Waals surface area contributed by atoms with Gasteiger partial charge in [-0.1, -0.05) is 0 Å². The molecule has 0 spiro atoms. The number of rotatable bonds is 13. The van der Waals surface area contributed by atoms with E-state index in [-0.39, 0.29) is 36.5 Å². The summed E-state index contributed by atoms with van der Waals surface area (Å²) in [4.78, 5) is 79.6. The average molecular weight is 805 g/mol. The fraction of sp³-hybridized carbons (Fsp3) is 0.571. The van der Waals surface area contributed by atoms with Crippen LogP contribution >= 0.6 is 15.6 Å². The second-order valence-corrected chi connectivity index (χ2v) is 15.5. The lowest BCUT2D eigenvalue weighted by Crippen LogP contribution is -2.33. The Bertz CT molecular complexity index is 2200. The molecule has 296 valence electrons. The van der Waals surface area contributed by atoms with E-state index in [1.807, 2.05) is 0 Å². The molecule has 3 aromatic rings. The number of nitrogen functional groups attached to an aromatic ring is 2. The molecule has 8 N–H and O–H groups in total. The van der Waals surface area contributed by atoms with Gasteiger partial charge < -0.3 is 40.6 Å². The van der Waals surface area contributed by atoms with E-state index in [4.69, 9.17) is 43.8 Å². The van der Waals surface area contributed by atoms with Crippen molar-refractivity contribution in [3.8, 4) is 0 Å². The first-order valence-electron chi connectivity index (χ1n) is 16.4. The van der Waals surface area contributed by atoms with Crippen LogP contribution in [0.2, 0.25) is 0 Å². The second kappa shape index (κ2) is 15.7. The molecule has 54 heavy (non-hydrogen) atoms. The van der Waals surface area contributed by atoms with Gasteiger partial charge >= 0.3 is 32.7 Å². The molecule has 11 atom stereocenters. The van der Waals surface area contributed by atoms with Crippen molar-refractivity contribution in [1.29, 1.82) is 0 Å². The van der Waals surface area contributed by atoms with Crippen LogP contribution in [0.4, 0.5) is 11.6 Å². The van der Waals surface area contributed by atoms with E-state index in [1.54, 1.807) is 0 Å². The van der Waals surface area contributed by atoms with Gasteiger partial charge in [-0.15, -0.1) is 0 Å². The van der Waals surface area contributed by atoms with Gasteiger partial charge in [0.15, 0.2) is 0 Å². The minimum absolute atomic E-state index is 0.0220. The van der Waals surface area contributed by atoms with Crippen LogP contribution in [-0.2, 0) is 41.4 Å². The van der Waals surface area contributed by atoms with Crippen molar-refractivity contribution >= 4 is 27.3 Å². The number of aromatic amines is 1. The summed E-state index contributed by atoms with van der Waals surface area (Å²) in [5.41, 5.74) is 8.43. The Morgan fingerprint density at radius 2 is 1.31 bits per heavy atom. The summed E-state index contributed by atoms with van der Waals surface area (Å²) in [5, 5.41) is 10.5. The van der Waals surface area contributed by atoms with Gasteiger partial charge in [0.1, 0.15) is 48.6 Å². The fourth-order valence-electron chi connectivity index (χ4n) is 6.09. The van der Waals surface area contributed by atoms with Gasteiger partial charge in [0, 0.05) is 43.4 Å². The number of phosphoric acid groups is 2. The van der Waals surface area contributed by atoms with Crippen LogP contribution in [0.25, 0.3) is 0 Å². The first kappa shape index (κ1) is 39.8. The molecule has 6 rings (SSSR count). The molecule has 3 aromatic heterocycles. The molecule has 0 bridgehead atoms. The first-order valence-corrected chi connectivity index (χ1v) is 19.3. The van der Waals surface area contributed by atoms with E-state index in [2.05, 4.69) is 15.0 Å². The molecule has 0 aliphatic carbocycles. The number of anilines is 2. The molecule has 0 saturated carbocycles. The topological polar surface area (TPSA) is 336 Å². The van der Waals surface area contributed by atoms with Crippen molar-refractivity contribution in [2.45, 2.75) is 88.4 Å². The van der Waals surface area contributed by atoms with Crippen LogP contribution in [0.15, 0.2) is 49.9 Å². The summed E-state index contributed by atoms with van der Waals surface area (Å²) in [6.07, 6.45) is -6.79. The molecule has 6 heterocycles. The lowest BCUT2D eigenvalue weighted by molar-refractivity contribution is -0.0590. The molecule has 0 radical (unpaired) electrons. The number of aromatic nitrogens is 6. The molecule has 2 unspecified atom stereocenters. The zero-order valence-corrected chi connectivity index (χ0v) is 30.3. The van der Waals surface area contributed by atoms with Crippen LogP contribution in [0.5, 0.6) is 0 Å². The van der Waals surface area contributed by atoms with Crippen LogP contribution in [0, 0.1) is 6.92 Å². The maximum absolute atomic E-state index is 13.2. The monoisotopic (exact) mass is 804 g/mol. The zero-order chi connectivity index (χ0) is 39.1. The maximum Gasteiger partial charge on any atom is 0.472 e. The number of nitrogens with zero attached hydrogens (tertiary/aromatic N) is 5. The molecular formula is C28H38N8O16P2.